The van der Waals surface area contributed by atoms with Crippen molar-refractivity contribution in [3.8, 4) is 0 Å². The summed E-state index contributed by atoms with van der Waals surface area (Å²) in [6.45, 7) is 2.15. The fraction of sp³-hybridized carbons (Fsp3) is 0.500. The van der Waals surface area contributed by atoms with Crippen LogP contribution in [-0.2, 0) is 0 Å². The lowest BCUT2D eigenvalue weighted by Crippen LogP contribution is -2.18. The summed E-state index contributed by atoms with van der Waals surface area (Å²) >= 11 is 1.92. The van der Waals surface area contributed by atoms with Crippen molar-refractivity contribution < 1.29 is 0 Å². The molecule has 1 nitrogen and oxygen atoms in total. The van der Waals surface area contributed by atoms with Crippen molar-refractivity contribution in [1.82, 2.24) is 0 Å². The van der Waals surface area contributed by atoms with Crippen LogP contribution < -0.4 is 5.73 Å². The topological polar surface area (TPSA) is 26.0 Å². The second-order valence-corrected chi connectivity index (χ2v) is 4.64. The van der Waals surface area contributed by atoms with Crippen molar-refractivity contribution in [2.45, 2.75) is 37.1 Å². The van der Waals surface area contributed by atoms with Gasteiger partial charge in [0.1, 0.15) is 0 Å². The molecule has 0 aliphatic heterocycles. The van der Waals surface area contributed by atoms with Crippen LogP contribution in [0.25, 0.3) is 0 Å². The van der Waals surface area contributed by atoms with E-state index in [1.165, 1.54) is 17.1 Å². The Morgan fingerprint density at radius 1 is 1.29 bits per heavy atom. The highest BCUT2D eigenvalue weighted by Gasteiger charge is 1.98. The summed E-state index contributed by atoms with van der Waals surface area (Å²) in [7, 11) is 0. The van der Waals surface area contributed by atoms with Gasteiger partial charge in [0.15, 0.2) is 0 Å². The minimum atomic E-state index is 0.395. The van der Waals surface area contributed by atoms with E-state index in [4.69, 9.17) is 5.73 Å². The first-order chi connectivity index (χ1) is 6.83. The van der Waals surface area contributed by atoms with Gasteiger partial charge in [-0.1, -0.05) is 25.1 Å². The zero-order valence-corrected chi connectivity index (χ0v) is 9.59. The monoisotopic (exact) mass is 209 g/mol. The molecule has 0 radical (unpaired) electrons. The summed E-state index contributed by atoms with van der Waals surface area (Å²) in [5, 5.41) is 0. The number of hydrogen-bond donors (Lipinski definition) is 1. The average molecular weight is 209 g/mol. The molecule has 1 unspecified atom stereocenters. The van der Waals surface area contributed by atoms with E-state index < -0.39 is 0 Å². The highest BCUT2D eigenvalue weighted by molar-refractivity contribution is 7.99. The van der Waals surface area contributed by atoms with Gasteiger partial charge in [0.2, 0.25) is 0 Å². The maximum absolute atomic E-state index is 5.84. The Kier molecular flexibility index (Phi) is 5.72. The van der Waals surface area contributed by atoms with Crippen LogP contribution in [0.15, 0.2) is 35.2 Å². The fourth-order valence-electron chi connectivity index (χ4n) is 1.26. The Bertz CT molecular complexity index is 235. The molecule has 1 atom stereocenters. The van der Waals surface area contributed by atoms with E-state index in [-0.39, 0.29) is 0 Å². The Balaban J connectivity index is 2.10. The second-order valence-electron chi connectivity index (χ2n) is 3.47. The highest BCUT2D eigenvalue weighted by atomic mass is 32.2. The lowest BCUT2D eigenvalue weighted by molar-refractivity contribution is 0.589. The third kappa shape index (κ3) is 4.68. The first-order valence-electron chi connectivity index (χ1n) is 5.26. The van der Waals surface area contributed by atoms with Gasteiger partial charge >= 0.3 is 0 Å². The molecule has 0 fully saturated rings. The molecule has 1 aromatic carbocycles. The number of rotatable bonds is 6. The Morgan fingerprint density at radius 3 is 2.64 bits per heavy atom. The van der Waals surface area contributed by atoms with E-state index in [0.717, 1.165) is 12.8 Å². The van der Waals surface area contributed by atoms with E-state index in [2.05, 4.69) is 37.3 Å². The molecule has 0 aliphatic carbocycles. The van der Waals surface area contributed by atoms with Crippen molar-refractivity contribution >= 4 is 11.8 Å². The van der Waals surface area contributed by atoms with Crippen LogP contribution in [0.2, 0.25) is 0 Å². The average Bonchev–Trinajstić information content (AvgIpc) is 2.25. The van der Waals surface area contributed by atoms with Crippen LogP contribution in [0.4, 0.5) is 0 Å². The zero-order chi connectivity index (χ0) is 10.2. The van der Waals surface area contributed by atoms with Crippen LogP contribution in [0, 0.1) is 0 Å². The molecule has 0 bridgehead atoms. The molecule has 0 amide bonds. The zero-order valence-electron chi connectivity index (χ0n) is 8.78. The van der Waals surface area contributed by atoms with E-state index in [0.29, 0.717) is 6.04 Å². The van der Waals surface area contributed by atoms with E-state index in [1.807, 2.05) is 11.8 Å². The van der Waals surface area contributed by atoms with Crippen molar-refractivity contribution in [3.05, 3.63) is 30.3 Å². The molecule has 2 heteroatoms. The maximum Gasteiger partial charge on any atom is 0.00719 e. The smallest absolute Gasteiger partial charge is 0.00719 e. The molecule has 0 aliphatic rings. The van der Waals surface area contributed by atoms with Crippen LogP contribution in [0.1, 0.15) is 26.2 Å². The highest BCUT2D eigenvalue weighted by Crippen LogP contribution is 2.18. The minimum absolute atomic E-state index is 0.395. The van der Waals surface area contributed by atoms with Gasteiger partial charge in [-0.15, -0.1) is 11.8 Å². The molecular weight excluding hydrogens is 190 g/mol. The van der Waals surface area contributed by atoms with Crippen molar-refractivity contribution in [2.24, 2.45) is 5.73 Å². The number of nitrogens with two attached hydrogens (primary N) is 1. The Labute approximate surface area is 91.1 Å². The van der Waals surface area contributed by atoms with Gasteiger partial charge in [-0.3, -0.25) is 0 Å². The molecule has 14 heavy (non-hydrogen) atoms. The summed E-state index contributed by atoms with van der Waals surface area (Å²) in [4.78, 5) is 1.36. The van der Waals surface area contributed by atoms with Crippen LogP contribution in [-0.4, -0.2) is 11.8 Å². The first kappa shape index (κ1) is 11.6. The lowest BCUT2D eigenvalue weighted by Gasteiger charge is -2.07. The molecule has 0 saturated carbocycles. The van der Waals surface area contributed by atoms with Gasteiger partial charge in [0.05, 0.1) is 0 Å². The molecular formula is C12H19NS. The lowest BCUT2D eigenvalue weighted by atomic mass is 10.1. The fourth-order valence-corrected chi connectivity index (χ4v) is 2.15. The molecule has 78 valence electrons. The van der Waals surface area contributed by atoms with E-state index in [1.54, 1.807) is 0 Å². The van der Waals surface area contributed by atoms with Gasteiger partial charge in [-0.05, 0) is 37.1 Å². The first-order valence-corrected chi connectivity index (χ1v) is 6.25. The molecule has 1 rings (SSSR count). The van der Waals surface area contributed by atoms with Crippen molar-refractivity contribution in [3.63, 3.8) is 0 Å². The molecule has 1 aromatic rings. The number of thioether (sulfide) groups is 1. The summed E-state index contributed by atoms with van der Waals surface area (Å²) in [6, 6.07) is 10.9. The van der Waals surface area contributed by atoms with E-state index >= 15 is 0 Å². The van der Waals surface area contributed by atoms with Crippen molar-refractivity contribution in [2.75, 3.05) is 5.75 Å². The third-order valence-corrected chi connectivity index (χ3v) is 3.35. The molecule has 2 N–H and O–H groups in total. The van der Waals surface area contributed by atoms with E-state index in [9.17, 15) is 0 Å². The van der Waals surface area contributed by atoms with Crippen LogP contribution >= 0.6 is 11.8 Å². The number of hydrogen-bond acceptors (Lipinski definition) is 2. The molecule has 0 heterocycles. The summed E-state index contributed by atoms with van der Waals surface area (Å²) in [6.07, 6.45) is 3.46. The predicted molar refractivity (Wildman–Crippen MR) is 64.7 cm³/mol. The predicted octanol–water partition coefficient (Wildman–Crippen LogP) is 3.30. The molecule has 0 saturated heterocycles. The normalized spacial score (nSPS) is 12.7. The minimum Gasteiger partial charge on any atom is -0.328 e. The quantitative estimate of drug-likeness (QED) is 0.574. The van der Waals surface area contributed by atoms with Gasteiger partial charge in [-0.25, -0.2) is 0 Å². The summed E-state index contributed by atoms with van der Waals surface area (Å²) in [5.74, 6) is 1.18. The van der Waals surface area contributed by atoms with Crippen LogP contribution in [0.5, 0.6) is 0 Å². The van der Waals surface area contributed by atoms with Crippen LogP contribution in [0.3, 0.4) is 0 Å². The molecule has 0 aromatic heterocycles. The standard InChI is InChI=1S/C12H19NS/c1-2-11(13)7-6-10-14-12-8-4-3-5-9-12/h3-5,8-9,11H,2,6-7,10,13H2,1H3. The second kappa shape index (κ2) is 6.91. The van der Waals surface area contributed by atoms with Gasteiger partial charge in [-0.2, -0.15) is 0 Å². The largest absolute Gasteiger partial charge is 0.328 e. The SMILES string of the molecule is CCC(N)CCCSc1ccccc1. The van der Waals surface area contributed by atoms with Gasteiger partial charge in [0, 0.05) is 10.9 Å². The van der Waals surface area contributed by atoms with Gasteiger partial charge < -0.3 is 5.73 Å². The summed E-state index contributed by atoms with van der Waals surface area (Å²) < 4.78 is 0. The third-order valence-electron chi connectivity index (χ3n) is 2.26. The Morgan fingerprint density at radius 2 is 2.00 bits per heavy atom. The number of benzene rings is 1. The van der Waals surface area contributed by atoms with Crippen molar-refractivity contribution in [1.29, 1.82) is 0 Å². The summed E-state index contributed by atoms with van der Waals surface area (Å²) in [5.41, 5.74) is 5.84. The Hall–Kier alpha value is -0.470. The van der Waals surface area contributed by atoms with Gasteiger partial charge in [0.25, 0.3) is 0 Å². The maximum atomic E-state index is 5.84. The molecule has 0 spiro atoms.